The summed E-state index contributed by atoms with van der Waals surface area (Å²) in [6, 6.07) is 7.23. The summed E-state index contributed by atoms with van der Waals surface area (Å²) in [5.74, 6) is -1.09. The van der Waals surface area contributed by atoms with Crippen molar-refractivity contribution in [2.24, 2.45) is 0 Å². The second-order valence-electron chi connectivity index (χ2n) is 4.83. The fraction of sp³-hybridized carbons (Fsp3) is 0.200. The summed E-state index contributed by atoms with van der Waals surface area (Å²) < 4.78 is 7.31. The van der Waals surface area contributed by atoms with Crippen molar-refractivity contribution in [3.8, 4) is 0 Å². The molecular formula is C15H14N2O3. The first-order chi connectivity index (χ1) is 9.54. The molecule has 2 aromatic heterocycles. The zero-order valence-electron chi connectivity index (χ0n) is 11.3. The number of aryl methyl sites for hydroxylation is 1. The van der Waals surface area contributed by atoms with Gasteiger partial charge < -0.3 is 14.1 Å². The van der Waals surface area contributed by atoms with Gasteiger partial charge in [0.05, 0.1) is 12.0 Å². The summed E-state index contributed by atoms with van der Waals surface area (Å²) in [6.45, 7) is 4.71. The lowest BCUT2D eigenvalue weighted by Crippen LogP contribution is -2.00. The van der Waals surface area contributed by atoms with E-state index in [4.69, 9.17) is 9.52 Å². The highest BCUT2D eigenvalue weighted by Crippen LogP contribution is 2.21. The number of aromatic carboxylic acids is 1. The highest BCUT2D eigenvalue weighted by molar-refractivity contribution is 5.91. The molecule has 3 rings (SSSR count). The van der Waals surface area contributed by atoms with Crippen molar-refractivity contribution in [3.05, 3.63) is 53.3 Å². The number of hydrogen-bond acceptors (Lipinski definition) is 3. The lowest BCUT2D eigenvalue weighted by atomic mass is 10.1. The van der Waals surface area contributed by atoms with E-state index < -0.39 is 5.97 Å². The van der Waals surface area contributed by atoms with E-state index in [0.29, 0.717) is 12.1 Å². The van der Waals surface area contributed by atoms with Gasteiger partial charge in [0.1, 0.15) is 5.58 Å². The molecule has 0 aliphatic carbocycles. The number of furan rings is 1. The van der Waals surface area contributed by atoms with Gasteiger partial charge >= 0.3 is 5.97 Å². The summed E-state index contributed by atoms with van der Waals surface area (Å²) in [7, 11) is 0. The molecule has 0 fully saturated rings. The summed E-state index contributed by atoms with van der Waals surface area (Å²) >= 11 is 0. The van der Waals surface area contributed by atoms with Crippen LogP contribution in [0.2, 0.25) is 0 Å². The molecule has 0 unspecified atom stereocenters. The number of fused-ring (bicyclic) bond motifs is 1. The van der Waals surface area contributed by atoms with E-state index in [1.165, 1.54) is 0 Å². The molecule has 1 aromatic carbocycles. The molecule has 5 nitrogen and oxygen atoms in total. The van der Waals surface area contributed by atoms with Crippen LogP contribution in [0.1, 0.15) is 27.5 Å². The smallest absolute Gasteiger partial charge is 0.371 e. The SMILES string of the molecule is Cc1ncn(Cc2ccc3oc(C(=O)O)cc3c2)c1C. The number of carbonyl (C=O) groups is 1. The van der Waals surface area contributed by atoms with Crippen molar-refractivity contribution in [1.29, 1.82) is 0 Å². The van der Waals surface area contributed by atoms with Crippen LogP contribution < -0.4 is 0 Å². The molecule has 0 saturated carbocycles. The van der Waals surface area contributed by atoms with E-state index in [1.807, 2.05) is 32.3 Å². The molecule has 102 valence electrons. The standard InChI is InChI=1S/C15H14N2O3/c1-9-10(2)17(8-16-9)7-11-3-4-13-12(5-11)6-14(20-13)15(18)19/h3-6,8H,7H2,1-2H3,(H,18,19). The molecule has 0 aliphatic rings. The van der Waals surface area contributed by atoms with Crippen LogP contribution in [0.4, 0.5) is 0 Å². The Kier molecular flexibility index (Phi) is 2.82. The lowest BCUT2D eigenvalue weighted by Gasteiger charge is -2.05. The van der Waals surface area contributed by atoms with Crippen molar-refractivity contribution in [3.63, 3.8) is 0 Å². The van der Waals surface area contributed by atoms with Crippen LogP contribution in [-0.4, -0.2) is 20.6 Å². The van der Waals surface area contributed by atoms with Crippen LogP contribution in [0.25, 0.3) is 11.0 Å². The average molecular weight is 270 g/mol. The molecule has 0 atom stereocenters. The molecule has 0 amide bonds. The molecule has 5 heteroatoms. The molecule has 2 heterocycles. The minimum Gasteiger partial charge on any atom is -0.475 e. The fourth-order valence-electron chi connectivity index (χ4n) is 2.20. The van der Waals surface area contributed by atoms with E-state index in [-0.39, 0.29) is 5.76 Å². The second kappa shape index (κ2) is 4.52. The first kappa shape index (κ1) is 12.5. The number of imidazole rings is 1. The van der Waals surface area contributed by atoms with Crippen LogP contribution >= 0.6 is 0 Å². The van der Waals surface area contributed by atoms with Crippen LogP contribution in [0.5, 0.6) is 0 Å². The molecule has 3 aromatic rings. The molecule has 0 spiro atoms. The van der Waals surface area contributed by atoms with E-state index in [9.17, 15) is 4.79 Å². The normalized spacial score (nSPS) is 11.1. The predicted octanol–water partition coefficient (Wildman–Crippen LogP) is 2.99. The Labute approximate surface area is 115 Å². The third kappa shape index (κ3) is 2.07. The molecule has 20 heavy (non-hydrogen) atoms. The fourth-order valence-corrected chi connectivity index (χ4v) is 2.20. The van der Waals surface area contributed by atoms with Crippen molar-refractivity contribution >= 4 is 16.9 Å². The zero-order valence-corrected chi connectivity index (χ0v) is 11.3. The average Bonchev–Trinajstić information content (AvgIpc) is 2.97. The van der Waals surface area contributed by atoms with Gasteiger partial charge in [0.25, 0.3) is 0 Å². The maximum absolute atomic E-state index is 10.9. The highest BCUT2D eigenvalue weighted by Gasteiger charge is 2.11. The second-order valence-corrected chi connectivity index (χ2v) is 4.83. The van der Waals surface area contributed by atoms with Gasteiger partial charge in [-0.05, 0) is 37.6 Å². The largest absolute Gasteiger partial charge is 0.475 e. The topological polar surface area (TPSA) is 68.3 Å². The van der Waals surface area contributed by atoms with E-state index in [0.717, 1.165) is 22.3 Å². The molecule has 1 N–H and O–H groups in total. The minimum atomic E-state index is -1.05. The molecule has 0 saturated heterocycles. The number of hydrogen-bond donors (Lipinski definition) is 1. The van der Waals surface area contributed by atoms with Gasteiger partial charge in [-0.3, -0.25) is 0 Å². The van der Waals surface area contributed by atoms with Crippen LogP contribution in [0.3, 0.4) is 0 Å². The summed E-state index contributed by atoms with van der Waals surface area (Å²) in [6.07, 6.45) is 1.81. The number of nitrogens with zero attached hydrogens (tertiary/aromatic N) is 2. The van der Waals surface area contributed by atoms with E-state index in [1.54, 1.807) is 12.1 Å². The van der Waals surface area contributed by atoms with Gasteiger partial charge in [-0.2, -0.15) is 0 Å². The Morgan fingerprint density at radius 1 is 1.35 bits per heavy atom. The molecule has 0 bridgehead atoms. The Bertz CT molecular complexity index is 799. The van der Waals surface area contributed by atoms with Gasteiger partial charge in [0.15, 0.2) is 0 Å². The van der Waals surface area contributed by atoms with Crippen molar-refractivity contribution in [2.75, 3.05) is 0 Å². The van der Waals surface area contributed by atoms with Gasteiger partial charge in [-0.15, -0.1) is 0 Å². The van der Waals surface area contributed by atoms with E-state index >= 15 is 0 Å². The number of aromatic nitrogens is 2. The van der Waals surface area contributed by atoms with Crippen molar-refractivity contribution in [2.45, 2.75) is 20.4 Å². The lowest BCUT2D eigenvalue weighted by molar-refractivity contribution is 0.0665. The summed E-state index contributed by atoms with van der Waals surface area (Å²) in [5.41, 5.74) is 3.81. The number of benzene rings is 1. The number of rotatable bonds is 3. The third-order valence-electron chi connectivity index (χ3n) is 3.49. The molecule has 0 radical (unpaired) electrons. The first-order valence-electron chi connectivity index (χ1n) is 6.28. The van der Waals surface area contributed by atoms with Crippen molar-refractivity contribution < 1.29 is 14.3 Å². The van der Waals surface area contributed by atoms with Crippen molar-refractivity contribution in [1.82, 2.24) is 9.55 Å². The summed E-state index contributed by atoms with van der Waals surface area (Å²) in [4.78, 5) is 15.2. The van der Waals surface area contributed by atoms with Crippen LogP contribution in [0.15, 0.2) is 35.0 Å². The summed E-state index contributed by atoms with van der Waals surface area (Å²) in [5, 5.41) is 9.72. The van der Waals surface area contributed by atoms with Gasteiger partial charge in [0, 0.05) is 17.6 Å². The maximum atomic E-state index is 10.9. The van der Waals surface area contributed by atoms with Gasteiger partial charge in [0.2, 0.25) is 5.76 Å². The first-order valence-corrected chi connectivity index (χ1v) is 6.28. The minimum absolute atomic E-state index is 0.0354. The zero-order chi connectivity index (χ0) is 14.3. The van der Waals surface area contributed by atoms with Crippen LogP contribution in [0, 0.1) is 13.8 Å². The highest BCUT2D eigenvalue weighted by atomic mass is 16.4. The number of carboxylic acid groups (broad SMARTS) is 1. The quantitative estimate of drug-likeness (QED) is 0.794. The van der Waals surface area contributed by atoms with E-state index in [2.05, 4.69) is 9.55 Å². The van der Waals surface area contributed by atoms with Crippen LogP contribution in [-0.2, 0) is 6.54 Å². The Morgan fingerprint density at radius 2 is 2.15 bits per heavy atom. The van der Waals surface area contributed by atoms with Gasteiger partial charge in [-0.1, -0.05) is 6.07 Å². The maximum Gasteiger partial charge on any atom is 0.371 e. The Morgan fingerprint density at radius 3 is 2.80 bits per heavy atom. The van der Waals surface area contributed by atoms with Gasteiger partial charge in [-0.25, -0.2) is 9.78 Å². The number of carboxylic acids is 1. The molecular weight excluding hydrogens is 256 g/mol. The molecule has 0 aliphatic heterocycles. The predicted molar refractivity (Wildman–Crippen MR) is 74.0 cm³/mol. The monoisotopic (exact) mass is 270 g/mol. The third-order valence-corrected chi connectivity index (χ3v) is 3.49. The Balaban J connectivity index is 1.96. The Hall–Kier alpha value is -2.56.